The van der Waals surface area contributed by atoms with E-state index in [-0.39, 0.29) is 23.0 Å². The Morgan fingerprint density at radius 1 is 1.45 bits per heavy atom. The number of aromatic amines is 1. The number of hydrogen-bond donors (Lipinski definition) is 3. The molecule has 0 unspecified atom stereocenters. The highest BCUT2D eigenvalue weighted by atomic mass is 35.5. The molecular formula is C12H10ClN3O4. The van der Waals surface area contributed by atoms with E-state index in [0.717, 1.165) is 12.8 Å². The summed E-state index contributed by atoms with van der Waals surface area (Å²) in [5.41, 5.74) is 1.21. The van der Waals surface area contributed by atoms with Crippen LogP contribution in [-0.4, -0.2) is 33.2 Å². The molecule has 8 heteroatoms. The topological polar surface area (TPSA) is 104 Å². The van der Waals surface area contributed by atoms with Crippen LogP contribution in [0.2, 0.25) is 5.02 Å². The Balaban J connectivity index is 1.94. The van der Waals surface area contributed by atoms with E-state index in [1.807, 2.05) is 0 Å². The molecule has 0 aliphatic heterocycles. The van der Waals surface area contributed by atoms with Crippen LogP contribution in [0.4, 0.5) is 4.79 Å². The second kappa shape index (κ2) is 4.68. The molecule has 1 aromatic heterocycles. The zero-order valence-electron chi connectivity index (χ0n) is 10.1. The number of carboxylic acid groups (broad SMARTS) is 1. The number of nitrogens with zero attached hydrogens (tertiary/aromatic N) is 1. The number of H-pyrrole nitrogens is 1. The van der Waals surface area contributed by atoms with Crippen LogP contribution in [0, 0.1) is 0 Å². The Bertz CT molecular complexity index is 708. The van der Waals surface area contributed by atoms with Gasteiger partial charge >= 0.3 is 12.2 Å². The van der Waals surface area contributed by atoms with Crippen LogP contribution in [-0.2, 0) is 0 Å². The van der Waals surface area contributed by atoms with Crippen molar-refractivity contribution in [1.29, 1.82) is 0 Å². The fraction of sp³-hybridized carbons (Fsp3) is 0.250. The van der Waals surface area contributed by atoms with Crippen molar-refractivity contribution < 1.29 is 19.4 Å². The second-order valence-electron chi connectivity index (χ2n) is 4.51. The lowest BCUT2D eigenvalue weighted by atomic mass is 10.2. The molecule has 0 saturated heterocycles. The molecule has 2 aromatic rings. The average molecular weight is 296 g/mol. The van der Waals surface area contributed by atoms with Gasteiger partial charge in [-0.3, -0.25) is 4.79 Å². The molecule has 1 saturated carbocycles. The van der Waals surface area contributed by atoms with Gasteiger partial charge in [0.2, 0.25) is 0 Å². The summed E-state index contributed by atoms with van der Waals surface area (Å²) in [6.45, 7) is 0. The van der Waals surface area contributed by atoms with Crippen LogP contribution in [0.1, 0.15) is 23.2 Å². The molecule has 1 aliphatic rings. The Kier molecular flexibility index (Phi) is 2.98. The van der Waals surface area contributed by atoms with Gasteiger partial charge in [0.15, 0.2) is 0 Å². The van der Waals surface area contributed by atoms with Crippen LogP contribution in [0.3, 0.4) is 0 Å². The van der Waals surface area contributed by atoms with Gasteiger partial charge in [0.1, 0.15) is 0 Å². The lowest BCUT2D eigenvalue weighted by molar-refractivity contribution is 0.0951. The average Bonchev–Trinajstić information content (AvgIpc) is 3.07. The van der Waals surface area contributed by atoms with E-state index >= 15 is 0 Å². The largest absolute Gasteiger partial charge is 0.513 e. The zero-order valence-corrected chi connectivity index (χ0v) is 10.9. The van der Waals surface area contributed by atoms with Crippen LogP contribution >= 0.6 is 11.6 Å². The number of ether oxygens (including phenoxy) is 1. The molecule has 1 amide bonds. The number of carbonyl (C=O) groups excluding carboxylic acids is 1. The summed E-state index contributed by atoms with van der Waals surface area (Å²) >= 11 is 6.05. The number of benzene rings is 1. The molecule has 3 N–H and O–H groups in total. The predicted octanol–water partition coefficient (Wildman–Crippen LogP) is 2.17. The number of fused-ring (bicyclic) bond motifs is 1. The van der Waals surface area contributed by atoms with Crippen LogP contribution in [0.5, 0.6) is 6.01 Å². The number of nitrogens with one attached hydrogen (secondary N) is 2. The monoisotopic (exact) mass is 295 g/mol. The summed E-state index contributed by atoms with van der Waals surface area (Å²) in [5.74, 6) is -0.261. The number of hydrogen-bond acceptors (Lipinski definition) is 4. The highest BCUT2D eigenvalue weighted by Gasteiger charge is 2.25. The molecule has 0 bridgehead atoms. The Hall–Kier alpha value is -2.28. The van der Waals surface area contributed by atoms with Crippen molar-refractivity contribution in [3.63, 3.8) is 0 Å². The number of halogens is 1. The number of imidazole rings is 1. The van der Waals surface area contributed by atoms with E-state index in [9.17, 15) is 9.59 Å². The number of rotatable bonds is 3. The van der Waals surface area contributed by atoms with Crippen molar-refractivity contribution in [2.75, 3.05) is 0 Å². The van der Waals surface area contributed by atoms with E-state index in [4.69, 9.17) is 16.7 Å². The zero-order chi connectivity index (χ0) is 14.3. The van der Waals surface area contributed by atoms with Gasteiger partial charge in [-0.2, -0.15) is 4.98 Å². The molecule has 1 heterocycles. The van der Waals surface area contributed by atoms with Gasteiger partial charge in [0.05, 0.1) is 21.6 Å². The Labute approximate surface area is 117 Å². The molecule has 20 heavy (non-hydrogen) atoms. The molecule has 1 aliphatic carbocycles. The summed E-state index contributed by atoms with van der Waals surface area (Å²) in [6, 6.07) is 3.07. The molecular weight excluding hydrogens is 286 g/mol. The third-order valence-corrected chi connectivity index (χ3v) is 3.20. The fourth-order valence-corrected chi connectivity index (χ4v) is 2.05. The van der Waals surface area contributed by atoms with Crippen LogP contribution in [0.15, 0.2) is 12.1 Å². The standard InChI is InChI=1S/C12H10ClN3O4/c13-7-4-9-8(15-11(16-9)20-12(18)19)3-6(7)10(17)14-5-1-2-5/h3-5H,1-2H2,(H,14,17)(H,15,16)(H,18,19). The first-order chi connectivity index (χ1) is 9.52. The van der Waals surface area contributed by atoms with Gasteiger partial charge < -0.3 is 20.1 Å². The van der Waals surface area contributed by atoms with Gasteiger partial charge in [-0.15, -0.1) is 0 Å². The van der Waals surface area contributed by atoms with E-state index in [1.165, 1.54) is 12.1 Å². The molecule has 3 rings (SSSR count). The smallest absolute Gasteiger partial charge is 0.449 e. The van der Waals surface area contributed by atoms with Gasteiger partial charge in [0.25, 0.3) is 5.91 Å². The highest BCUT2D eigenvalue weighted by Crippen LogP contribution is 2.26. The Morgan fingerprint density at radius 2 is 2.20 bits per heavy atom. The van der Waals surface area contributed by atoms with Gasteiger partial charge in [-0.25, -0.2) is 4.79 Å². The third-order valence-electron chi connectivity index (χ3n) is 2.89. The first kappa shape index (κ1) is 12.7. The van der Waals surface area contributed by atoms with Gasteiger partial charge in [0, 0.05) is 6.04 Å². The summed E-state index contributed by atoms with van der Waals surface area (Å²) in [6.07, 6.45) is 0.483. The third kappa shape index (κ3) is 2.53. The maximum Gasteiger partial charge on any atom is 0.513 e. The van der Waals surface area contributed by atoms with Crippen molar-refractivity contribution >= 4 is 34.7 Å². The molecule has 7 nitrogen and oxygen atoms in total. The van der Waals surface area contributed by atoms with Crippen molar-refractivity contribution in [3.05, 3.63) is 22.7 Å². The maximum absolute atomic E-state index is 12.0. The van der Waals surface area contributed by atoms with Crippen molar-refractivity contribution in [3.8, 4) is 6.01 Å². The SMILES string of the molecule is O=C(O)Oc1nc2cc(C(=O)NC3CC3)c(Cl)cc2[nH]1. The van der Waals surface area contributed by atoms with Gasteiger partial charge in [-0.05, 0) is 25.0 Å². The molecule has 0 atom stereocenters. The van der Waals surface area contributed by atoms with Gasteiger partial charge in [-0.1, -0.05) is 11.6 Å². The molecule has 0 spiro atoms. The van der Waals surface area contributed by atoms with Crippen molar-refractivity contribution in [1.82, 2.24) is 15.3 Å². The lowest BCUT2D eigenvalue weighted by Crippen LogP contribution is -2.25. The highest BCUT2D eigenvalue weighted by molar-refractivity contribution is 6.34. The molecule has 0 radical (unpaired) electrons. The minimum Gasteiger partial charge on any atom is -0.449 e. The van der Waals surface area contributed by atoms with E-state index in [2.05, 4.69) is 20.0 Å². The quantitative estimate of drug-likeness (QED) is 0.753. The predicted molar refractivity (Wildman–Crippen MR) is 70.2 cm³/mol. The van der Waals surface area contributed by atoms with E-state index in [0.29, 0.717) is 16.6 Å². The van der Waals surface area contributed by atoms with E-state index < -0.39 is 6.16 Å². The number of carbonyl (C=O) groups is 2. The first-order valence-corrected chi connectivity index (χ1v) is 6.31. The second-order valence-corrected chi connectivity index (χ2v) is 4.91. The Morgan fingerprint density at radius 3 is 2.85 bits per heavy atom. The molecule has 1 fully saturated rings. The lowest BCUT2D eigenvalue weighted by Gasteiger charge is -2.05. The molecule has 104 valence electrons. The summed E-state index contributed by atoms with van der Waals surface area (Å²) < 4.78 is 4.42. The summed E-state index contributed by atoms with van der Waals surface area (Å²) in [4.78, 5) is 29.0. The van der Waals surface area contributed by atoms with Crippen LogP contribution < -0.4 is 10.1 Å². The summed E-state index contributed by atoms with van der Waals surface area (Å²) in [5, 5.41) is 11.6. The summed E-state index contributed by atoms with van der Waals surface area (Å²) in [7, 11) is 0. The van der Waals surface area contributed by atoms with Crippen LogP contribution in [0.25, 0.3) is 11.0 Å². The van der Waals surface area contributed by atoms with E-state index in [1.54, 1.807) is 0 Å². The number of amides is 1. The first-order valence-electron chi connectivity index (χ1n) is 5.94. The fourth-order valence-electron chi connectivity index (χ4n) is 1.80. The number of aromatic nitrogens is 2. The van der Waals surface area contributed by atoms with Crippen molar-refractivity contribution in [2.24, 2.45) is 0 Å². The normalized spacial score (nSPS) is 14.2. The maximum atomic E-state index is 12.0. The minimum atomic E-state index is -1.47. The minimum absolute atomic E-state index is 0.164. The van der Waals surface area contributed by atoms with Crippen molar-refractivity contribution in [2.45, 2.75) is 18.9 Å². The molecule has 1 aromatic carbocycles.